The van der Waals surface area contributed by atoms with Crippen molar-refractivity contribution in [2.45, 2.75) is 25.0 Å². The van der Waals surface area contributed by atoms with Crippen LogP contribution < -0.4 is 22.1 Å². The van der Waals surface area contributed by atoms with Gasteiger partial charge in [-0.2, -0.15) is 0 Å². The zero-order valence-electron chi connectivity index (χ0n) is 16.0. The third-order valence-electron chi connectivity index (χ3n) is 4.36. The second-order valence-corrected chi connectivity index (χ2v) is 6.26. The van der Waals surface area contributed by atoms with Crippen molar-refractivity contribution in [2.75, 3.05) is 13.1 Å². The Kier molecular flexibility index (Phi) is 12.2. The lowest BCUT2D eigenvalue weighted by atomic mass is 10.0. The van der Waals surface area contributed by atoms with Gasteiger partial charge < -0.3 is 21.9 Å². The summed E-state index contributed by atoms with van der Waals surface area (Å²) in [6.45, 7) is 1.00. The average molecular weight is 443 g/mol. The van der Waals surface area contributed by atoms with Crippen molar-refractivity contribution in [2.24, 2.45) is 11.5 Å². The van der Waals surface area contributed by atoms with Crippen molar-refractivity contribution in [3.8, 4) is 11.1 Å². The summed E-state index contributed by atoms with van der Waals surface area (Å²) in [4.78, 5) is 21.8. The summed E-state index contributed by atoms with van der Waals surface area (Å²) in [5, 5.41) is 14.0. The molecule has 0 bridgehead atoms. The smallest absolute Gasteiger partial charge is 0.344 e. The molecule has 0 saturated carbocycles. The van der Waals surface area contributed by atoms with Gasteiger partial charge in [-0.1, -0.05) is 54.6 Å². The van der Waals surface area contributed by atoms with Gasteiger partial charge in [0.2, 0.25) is 5.91 Å². The molecular weight excluding hydrogens is 415 g/mol. The van der Waals surface area contributed by atoms with Crippen LogP contribution in [0.5, 0.6) is 0 Å². The Hall–Kier alpha value is -2.16. The summed E-state index contributed by atoms with van der Waals surface area (Å²) in [5.41, 5.74) is 13.0. The van der Waals surface area contributed by atoms with E-state index in [0.29, 0.717) is 19.5 Å². The molecule has 0 aliphatic carbocycles. The van der Waals surface area contributed by atoms with Crippen molar-refractivity contribution in [1.29, 1.82) is 0 Å². The number of halogens is 2. The highest BCUT2D eigenvalue weighted by Crippen LogP contribution is 2.19. The molecule has 9 heteroatoms. The van der Waals surface area contributed by atoms with Crippen LogP contribution >= 0.6 is 24.8 Å². The topological polar surface area (TPSA) is 130 Å². The molecule has 3 rings (SSSR count). The first-order chi connectivity index (χ1) is 13.0. The number of benzene rings is 2. The Bertz CT molecular complexity index is 752. The summed E-state index contributed by atoms with van der Waals surface area (Å²) < 4.78 is 0. The zero-order chi connectivity index (χ0) is 19.7. The van der Waals surface area contributed by atoms with Crippen molar-refractivity contribution < 1.29 is 14.7 Å². The summed E-state index contributed by atoms with van der Waals surface area (Å²) >= 11 is 0. The summed E-state index contributed by atoms with van der Waals surface area (Å²) in [5.74, 6) is -1.52. The molecule has 7 nitrogen and oxygen atoms in total. The number of carboxylic acids is 1. The van der Waals surface area contributed by atoms with Crippen LogP contribution in [0.2, 0.25) is 0 Å². The van der Waals surface area contributed by atoms with Gasteiger partial charge in [-0.15, -0.1) is 24.8 Å². The Morgan fingerprint density at radius 1 is 1.00 bits per heavy atom. The van der Waals surface area contributed by atoms with E-state index in [2.05, 4.69) is 47.0 Å². The van der Waals surface area contributed by atoms with Crippen LogP contribution in [0.3, 0.4) is 0 Å². The standard InChI is InChI=1S/C13H13N.C7H13N3O3.2ClH/c14-10-11-6-8-13(9-7-11)12-4-2-1-3-5-12;8-4-5(11)10-7(6(12)13)2-1-3-9-7;;/h1-9H,10,14H2;9H,1-4,8H2,(H,10,11)(H,12,13);2*1H/t;7-;;/m.1../s1. The van der Waals surface area contributed by atoms with Crippen molar-refractivity contribution in [3.63, 3.8) is 0 Å². The van der Waals surface area contributed by atoms with E-state index in [1.807, 2.05) is 18.2 Å². The molecule has 29 heavy (non-hydrogen) atoms. The van der Waals surface area contributed by atoms with Crippen LogP contribution in [0.1, 0.15) is 18.4 Å². The monoisotopic (exact) mass is 442 g/mol. The van der Waals surface area contributed by atoms with Crippen LogP contribution in [0, 0.1) is 0 Å². The van der Waals surface area contributed by atoms with Gasteiger partial charge in [0.15, 0.2) is 5.66 Å². The molecule has 1 fully saturated rings. The fourth-order valence-electron chi connectivity index (χ4n) is 2.84. The van der Waals surface area contributed by atoms with Crippen LogP contribution in [-0.4, -0.2) is 35.7 Å². The Labute approximate surface area is 183 Å². The van der Waals surface area contributed by atoms with Gasteiger partial charge in [0, 0.05) is 6.54 Å². The number of nitrogens with one attached hydrogen (secondary N) is 2. The number of nitrogens with two attached hydrogens (primary N) is 2. The number of rotatable bonds is 5. The maximum absolute atomic E-state index is 10.9. The van der Waals surface area contributed by atoms with Gasteiger partial charge in [0.25, 0.3) is 0 Å². The lowest BCUT2D eigenvalue weighted by molar-refractivity contribution is -0.148. The Morgan fingerprint density at radius 2 is 1.59 bits per heavy atom. The van der Waals surface area contributed by atoms with Gasteiger partial charge in [-0.05, 0) is 36.1 Å². The maximum atomic E-state index is 10.9. The molecule has 1 aliphatic heterocycles. The van der Waals surface area contributed by atoms with Crippen molar-refractivity contribution in [3.05, 3.63) is 60.2 Å². The normalized spacial score (nSPS) is 17.0. The predicted octanol–water partition coefficient (Wildman–Crippen LogP) is 1.88. The van der Waals surface area contributed by atoms with E-state index >= 15 is 0 Å². The molecule has 0 unspecified atom stereocenters. The maximum Gasteiger partial charge on any atom is 0.344 e. The molecule has 0 aromatic heterocycles. The summed E-state index contributed by atoms with van der Waals surface area (Å²) in [6, 6.07) is 18.7. The second kappa shape index (κ2) is 13.1. The Balaban J connectivity index is 0.000000507. The van der Waals surface area contributed by atoms with E-state index in [4.69, 9.17) is 16.6 Å². The number of hydrogen-bond acceptors (Lipinski definition) is 5. The number of carbonyl (C=O) groups is 2. The average Bonchev–Trinajstić information content (AvgIpc) is 3.19. The molecule has 1 aliphatic rings. The third-order valence-corrected chi connectivity index (χ3v) is 4.36. The van der Waals surface area contributed by atoms with Gasteiger partial charge in [0.05, 0.1) is 6.54 Å². The molecular formula is C20H28Cl2N4O3. The quantitative estimate of drug-likeness (QED) is 0.480. The highest BCUT2D eigenvalue weighted by molar-refractivity contribution is 5.87. The number of amides is 1. The van der Waals surface area contributed by atoms with Gasteiger partial charge in [-0.25, -0.2) is 4.79 Å². The zero-order valence-corrected chi connectivity index (χ0v) is 17.6. The molecule has 2 aromatic carbocycles. The number of aliphatic carboxylic acids is 1. The molecule has 7 N–H and O–H groups in total. The predicted molar refractivity (Wildman–Crippen MR) is 119 cm³/mol. The largest absolute Gasteiger partial charge is 0.478 e. The molecule has 0 radical (unpaired) electrons. The SMILES string of the molecule is Cl.Cl.NCC(=O)N[C@@]1(C(=O)O)CCCN1.NCc1ccc(-c2ccccc2)cc1. The number of hydrogen-bond donors (Lipinski definition) is 5. The van der Waals surface area contributed by atoms with E-state index in [1.165, 1.54) is 16.7 Å². The molecule has 160 valence electrons. The van der Waals surface area contributed by atoms with Gasteiger partial charge in [-0.3, -0.25) is 10.1 Å². The second-order valence-electron chi connectivity index (χ2n) is 6.26. The molecule has 1 saturated heterocycles. The first kappa shape index (κ1) is 26.8. The number of carboxylic acid groups (broad SMARTS) is 1. The molecule has 0 spiro atoms. The lowest BCUT2D eigenvalue weighted by Gasteiger charge is -2.25. The highest BCUT2D eigenvalue weighted by Gasteiger charge is 2.42. The minimum atomic E-state index is -1.30. The minimum absolute atomic E-state index is 0. The van der Waals surface area contributed by atoms with Crippen LogP contribution in [-0.2, 0) is 16.1 Å². The van der Waals surface area contributed by atoms with Gasteiger partial charge in [0.1, 0.15) is 0 Å². The first-order valence-electron chi connectivity index (χ1n) is 8.84. The lowest BCUT2D eigenvalue weighted by Crippen LogP contribution is -2.61. The summed E-state index contributed by atoms with van der Waals surface area (Å²) in [6.07, 6.45) is 1.13. The molecule has 1 heterocycles. The van der Waals surface area contributed by atoms with Crippen molar-refractivity contribution in [1.82, 2.24) is 10.6 Å². The van der Waals surface area contributed by atoms with Crippen molar-refractivity contribution >= 4 is 36.7 Å². The molecule has 1 amide bonds. The Morgan fingerprint density at radius 3 is 2.03 bits per heavy atom. The molecule has 1 atom stereocenters. The number of carbonyl (C=O) groups excluding carboxylic acids is 1. The van der Waals surface area contributed by atoms with E-state index < -0.39 is 17.5 Å². The first-order valence-corrected chi connectivity index (χ1v) is 8.84. The van der Waals surface area contributed by atoms with Crippen LogP contribution in [0.25, 0.3) is 11.1 Å². The van der Waals surface area contributed by atoms with Gasteiger partial charge >= 0.3 is 5.97 Å². The minimum Gasteiger partial charge on any atom is -0.478 e. The highest BCUT2D eigenvalue weighted by atomic mass is 35.5. The van der Waals surface area contributed by atoms with E-state index in [0.717, 1.165) is 6.42 Å². The fraction of sp³-hybridized carbons (Fsp3) is 0.300. The summed E-state index contributed by atoms with van der Waals surface area (Å²) in [7, 11) is 0. The van der Waals surface area contributed by atoms with E-state index in [1.54, 1.807) is 0 Å². The van der Waals surface area contributed by atoms with E-state index in [-0.39, 0.29) is 31.4 Å². The van der Waals surface area contributed by atoms with Crippen LogP contribution in [0.4, 0.5) is 0 Å². The van der Waals surface area contributed by atoms with Crippen LogP contribution in [0.15, 0.2) is 54.6 Å². The fourth-order valence-corrected chi connectivity index (χ4v) is 2.84. The van der Waals surface area contributed by atoms with E-state index in [9.17, 15) is 9.59 Å². The third kappa shape index (κ3) is 7.64. The molecule has 2 aromatic rings.